The van der Waals surface area contributed by atoms with E-state index in [0.29, 0.717) is 0 Å². The quantitative estimate of drug-likeness (QED) is 0.441. The molecular formula is C8H14N6O4S. The Balaban J connectivity index is 2.73. The summed E-state index contributed by atoms with van der Waals surface area (Å²) >= 11 is 0. The van der Waals surface area contributed by atoms with E-state index in [1.165, 1.54) is 0 Å². The first kappa shape index (κ1) is 15.0. The van der Waals surface area contributed by atoms with Crippen LogP contribution in [0.3, 0.4) is 0 Å². The summed E-state index contributed by atoms with van der Waals surface area (Å²) in [6, 6.07) is 0. The van der Waals surface area contributed by atoms with Crippen molar-refractivity contribution in [2.45, 2.75) is 6.92 Å². The van der Waals surface area contributed by atoms with Crippen LogP contribution in [0.2, 0.25) is 0 Å². The van der Waals surface area contributed by atoms with Gasteiger partial charge < -0.3 is 11.1 Å². The van der Waals surface area contributed by atoms with Gasteiger partial charge in [0.15, 0.2) is 0 Å². The van der Waals surface area contributed by atoms with Gasteiger partial charge in [0.2, 0.25) is 21.8 Å². The maximum atomic E-state index is 11.4. The molecule has 1 rings (SSSR count). The number of hydrogen-bond acceptors (Lipinski definition) is 8. The number of anilines is 2. The highest BCUT2D eigenvalue weighted by Gasteiger charge is 2.17. The monoisotopic (exact) mass is 290 g/mol. The Hall–Kier alpha value is -2.01. The summed E-state index contributed by atoms with van der Waals surface area (Å²) in [6.07, 6.45) is 0.962. The highest BCUT2D eigenvalue weighted by Crippen LogP contribution is 2.20. The zero-order valence-electron chi connectivity index (χ0n) is 10.2. The van der Waals surface area contributed by atoms with Gasteiger partial charge in [-0.05, 0) is 0 Å². The van der Waals surface area contributed by atoms with E-state index in [2.05, 4.69) is 20.0 Å². The topological polar surface area (TPSA) is 153 Å². The molecule has 1 aromatic heterocycles. The standard InChI is InChI=1S/C8H14N6O4S/c1-2-12-19(17,18)4-3-10-7-6(14(15)16)5-11-8(9)13-7/h5,12H,2-4H2,1H3,(H3,9,10,11,13). The number of sulfonamides is 1. The van der Waals surface area contributed by atoms with Crippen molar-refractivity contribution in [3.63, 3.8) is 0 Å². The van der Waals surface area contributed by atoms with Gasteiger partial charge in [-0.25, -0.2) is 18.1 Å². The van der Waals surface area contributed by atoms with E-state index in [0.717, 1.165) is 6.20 Å². The van der Waals surface area contributed by atoms with Gasteiger partial charge in [-0.2, -0.15) is 4.98 Å². The van der Waals surface area contributed by atoms with E-state index in [4.69, 9.17) is 5.73 Å². The van der Waals surface area contributed by atoms with E-state index >= 15 is 0 Å². The first-order chi connectivity index (χ1) is 8.85. The second-order valence-corrected chi connectivity index (χ2v) is 5.39. The summed E-state index contributed by atoms with van der Waals surface area (Å²) in [5, 5.41) is 13.3. The highest BCUT2D eigenvalue weighted by atomic mass is 32.2. The molecule has 11 heteroatoms. The van der Waals surface area contributed by atoms with Gasteiger partial charge in [-0.3, -0.25) is 10.1 Å². The van der Waals surface area contributed by atoms with Gasteiger partial charge in [0.25, 0.3) is 0 Å². The average Bonchev–Trinajstić information content (AvgIpc) is 2.28. The normalized spacial score (nSPS) is 11.2. The van der Waals surface area contributed by atoms with Crippen molar-refractivity contribution in [1.29, 1.82) is 0 Å². The molecule has 106 valence electrons. The summed E-state index contributed by atoms with van der Waals surface area (Å²) in [7, 11) is -3.40. The van der Waals surface area contributed by atoms with Crippen LogP contribution >= 0.6 is 0 Å². The minimum atomic E-state index is -3.40. The van der Waals surface area contributed by atoms with E-state index in [9.17, 15) is 18.5 Å². The lowest BCUT2D eigenvalue weighted by Crippen LogP contribution is -2.29. The molecule has 0 aromatic carbocycles. The number of nitrogens with one attached hydrogen (secondary N) is 2. The van der Waals surface area contributed by atoms with Gasteiger partial charge in [-0.1, -0.05) is 6.92 Å². The molecule has 0 aliphatic carbocycles. The zero-order chi connectivity index (χ0) is 14.5. The fourth-order valence-corrected chi connectivity index (χ4v) is 2.20. The molecule has 0 fully saturated rings. The predicted molar refractivity (Wildman–Crippen MR) is 69.1 cm³/mol. The first-order valence-electron chi connectivity index (χ1n) is 5.34. The second-order valence-electron chi connectivity index (χ2n) is 3.46. The van der Waals surface area contributed by atoms with E-state index in [-0.39, 0.29) is 36.3 Å². The Kier molecular flexibility index (Phi) is 4.94. The molecule has 4 N–H and O–H groups in total. The molecule has 0 aliphatic heterocycles. The maximum absolute atomic E-state index is 11.4. The molecule has 0 atom stereocenters. The minimum Gasteiger partial charge on any atom is -0.368 e. The Morgan fingerprint density at radius 2 is 2.21 bits per heavy atom. The van der Waals surface area contributed by atoms with Gasteiger partial charge >= 0.3 is 5.69 Å². The van der Waals surface area contributed by atoms with Crippen molar-refractivity contribution in [1.82, 2.24) is 14.7 Å². The van der Waals surface area contributed by atoms with Crippen LogP contribution in [0.5, 0.6) is 0 Å². The third-order valence-corrected chi connectivity index (χ3v) is 3.48. The number of nitrogens with zero attached hydrogens (tertiary/aromatic N) is 3. The number of rotatable bonds is 7. The van der Waals surface area contributed by atoms with Crippen molar-refractivity contribution in [3.8, 4) is 0 Å². The summed E-state index contributed by atoms with van der Waals surface area (Å²) in [5.74, 6) is -0.478. The highest BCUT2D eigenvalue weighted by molar-refractivity contribution is 7.89. The molecule has 0 amide bonds. The summed E-state index contributed by atoms with van der Waals surface area (Å²) in [5.41, 5.74) is 4.95. The Morgan fingerprint density at radius 1 is 1.53 bits per heavy atom. The summed E-state index contributed by atoms with van der Waals surface area (Å²) in [4.78, 5) is 17.2. The molecule has 0 unspecified atom stereocenters. The first-order valence-corrected chi connectivity index (χ1v) is 6.99. The van der Waals surface area contributed by atoms with Crippen LogP contribution in [0.1, 0.15) is 6.92 Å². The second kappa shape index (κ2) is 6.24. The third kappa shape index (κ3) is 4.63. The summed E-state index contributed by atoms with van der Waals surface area (Å²) < 4.78 is 25.0. The Bertz CT molecular complexity index is 560. The van der Waals surface area contributed by atoms with E-state index in [1.807, 2.05) is 0 Å². The largest absolute Gasteiger partial charge is 0.368 e. The van der Waals surface area contributed by atoms with Gasteiger partial charge in [0, 0.05) is 13.1 Å². The molecule has 19 heavy (non-hydrogen) atoms. The van der Waals surface area contributed by atoms with E-state index in [1.54, 1.807) is 6.92 Å². The van der Waals surface area contributed by atoms with Crippen LogP contribution in [0, 0.1) is 10.1 Å². The predicted octanol–water partition coefficient (Wildman–Crippen LogP) is -0.682. The lowest BCUT2D eigenvalue weighted by Gasteiger charge is -2.07. The number of hydrogen-bond donors (Lipinski definition) is 3. The minimum absolute atomic E-state index is 0.0351. The van der Waals surface area contributed by atoms with Crippen LogP contribution < -0.4 is 15.8 Å². The Morgan fingerprint density at radius 3 is 2.79 bits per heavy atom. The van der Waals surface area contributed by atoms with Crippen LogP contribution in [-0.2, 0) is 10.0 Å². The van der Waals surface area contributed by atoms with Crippen molar-refractivity contribution in [2.75, 3.05) is 29.9 Å². The van der Waals surface area contributed by atoms with Gasteiger partial charge in [0.1, 0.15) is 6.20 Å². The van der Waals surface area contributed by atoms with Gasteiger partial charge in [-0.15, -0.1) is 0 Å². The molecule has 0 bridgehead atoms. The van der Waals surface area contributed by atoms with Crippen molar-refractivity contribution in [3.05, 3.63) is 16.3 Å². The molecule has 0 aliphatic rings. The number of nitro groups is 1. The van der Waals surface area contributed by atoms with Crippen LogP contribution in [-0.4, -0.2) is 42.2 Å². The molecular weight excluding hydrogens is 276 g/mol. The average molecular weight is 290 g/mol. The molecule has 0 saturated heterocycles. The third-order valence-electron chi connectivity index (χ3n) is 2.01. The number of nitrogen functional groups attached to an aromatic ring is 1. The Labute approximate surface area is 109 Å². The molecule has 0 saturated carbocycles. The molecule has 1 heterocycles. The SMILES string of the molecule is CCNS(=O)(=O)CCNc1nc(N)ncc1[N+](=O)[O-]. The van der Waals surface area contributed by atoms with Crippen LogP contribution in [0.15, 0.2) is 6.20 Å². The molecule has 1 aromatic rings. The number of aromatic nitrogens is 2. The van der Waals surface area contributed by atoms with Gasteiger partial charge in [0.05, 0.1) is 10.7 Å². The zero-order valence-corrected chi connectivity index (χ0v) is 11.0. The maximum Gasteiger partial charge on any atom is 0.329 e. The lowest BCUT2D eigenvalue weighted by molar-refractivity contribution is -0.384. The van der Waals surface area contributed by atoms with Crippen molar-refractivity contribution < 1.29 is 13.3 Å². The smallest absolute Gasteiger partial charge is 0.329 e. The van der Waals surface area contributed by atoms with Crippen LogP contribution in [0.25, 0.3) is 0 Å². The van der Waals surface area contributed by atoms with Crippen molar-refractivity contribution in [2.24, 2.45) is 0 Å². The lowest BCUT2D eigenvalue weighted by atomic mass is 10.4. The molecule has 10 nitrogen and oxygen atoms in total. The van der Waals surface area contributed by atoms with Crippen molar-refractivity contribution >= 4 is 27.5 Å². The number of nitrogens with two attached hydrogens (primary N) is 1. The van der Waals surface area contributed by atoms with Crippen LogP contribution in [0.4, 0.5) is 17.5 Å². The molecule has 0 radical (unpaired) electrons. The van der Waals surface area contributed by atoms with E-state index < -0.39 is 14.9 Å². The fourth-order valence-electron chi connectivity index (χ4n) is 1.25. The fraction of sp³-hybridized carbons (Fsp3) is 0.500. The summed E-state index contributed by atoms with van der Waals surface area (Å²) in [6.45, 7) is 1.90. The molecule has 0 spiro atoms.